The van der Waals surface area contributed by atoms with E-state index in [1.165, 1.54) is 12.4 Å². The number of aryl methyl sites for hydroxylation is 1. The van der Waals surface area contributed by atoms with Crippen molar-refractivity contribution < 1.29 is 9.53 Å². The molecule has 3 rings (SSSR count). The second-order valence-electron chi connectivity index (χ2n) is 4.59. The van der Waals surface area contributed by atoms with Gasteiger partial charge in [-0.1, -0.05) is 11.6 Å². The van der Waals surface area contributed by atoms with Crippen molar-refractivity contribution in [1.82, 2.24) is 14.5 Å². The van der Waals surface area contributed by atoms with Crippen LogP contribution in [-0.4, -0.2) is 27.4 Å². The normalized spacial score (nSPS) is 10.8. The highest BCUT2D eigenvalue weighted by Gasteiger charge is 2.17. The predicted octanol–water partition coefficient (Wildman–Crippen LogP) is 2.86. The van der Waals surface area contributed by atoms with Gasteiger partial charge in [0.15, 0.2) is 0 Å². The molecule has 6 heteroatoms. The zero-order chi connectivity index (χ0) is 15.0. The quantitative estimate of drug-likeness (QED) is 0.551. The van der Waals surface area contributed by atoms with E-state index < -0.39 is 0 Å². The second-order valence-corrected chi connectivity index (χ2v) is 4.98. The van der Waals surface area contributed by atoms with Gasteiger partial charge >= 0.3 is 0 Å². The monoisotopic (exact) mass is 301 g/mol. The largest absolute Gasteiger partial charge is 0.497 e. The van der Waals surface area contributed by atoms with Crippen molar-refractivity contribution in [2.24, 2.45) is 7.05 Å². The van der Waals surface area contributed by atoms with Gasteiger partial charge in [0.1, 0.15) is 22.9 Å². The first-order valence-electron chi connectivity index (χ1n) is 6.25. The number of halogens is 1. The minimum atomic E-state index is -0.185. The van der Waals surface area contributed by atoms with Crippen molar-refractivity contribution >= 4 is 28.3 Å². The lowest BCUT2D eigenvalue weighted by Gasteiger charge is -2.02. The molecule has 3 aromatic rings. The molecule has 0 saturated heterocycles. The lowest BCUT2D eigenvalue weighted by atomic mass is 10.1. The van der Waals surface area contributed by atoms with Crippen LogP contribution >= 0.6 is 11.6 Å². The molecule has 0 fully saturated rings. The lowest BCUT2D eigenvalue weighted by Crippen LogP contribution is -2.03. The third kappa shape index (κ3) is 2.36. The average Bonchev–Trinajstić information content (AvgIpc) is 2.83. The van der Waals surface area contributed by atoms with Gasteiger partial charge in [0, 0.05) is 36.3 Å². The third-order valence-corrected chi connectivity index (χ3v) is 3.52. The maximum atomic E-state index is 12.6. The first kappa shape index (κ1) is 13.6. The molecule has 2 heterocycles. The molecule has 0 bridgehead atoms. The van der Waals surface area contributed by atoms with Gasteiger partial charge in [-0.15, -0.1) is 0 Å². The minimum Gasteiger partial charge on any atom is -0.497 e. The van der Waals surface area contributed by atoms with Gasteiger partial charge in [-0.3, -0.25) is 4.79 Å². The Morgan fingerprint density at radius 3 is 2.81 bits per heavy atom. The first-order valence-corrected chi connectivity index (χ1v) is 6.63. The summed E-state index contributed by atoms with van der Waals surface area (Å²) in [5.74, 6) is 0.558. The summed E-state index contributed by atoms with van der Waals surface area (Å²) in [6.07, 6.45) is 3.06. The Kier molecular flexibility index (Phi) is 3.35. The van der Waals surface area contributed by atoms with E-state index in [1.807, 2.05) is 29.8 Å². The van der Waals surface area contributed by atoms with Crippen LogP contribution in [0.5, 0.6) is 5.75 Å². The smallest absolute Gasteiger partial charge is 0.213 e. The van der Waals surface area contributed by atoms with Crippen LogP contribution < -0.4 is 4.74 Å². The molecular weight excluding hydrogens is 290 g/mol. The molecule has 0 aliphatic carbocycles. The van der Waals surface area contributed by atoms with Crippen molar-refractivity contribution in [1.29, 1.82) is 0 Å². The SMILES string of the molecule is COc1ccc2c(C(=O)c3cc(Cl)ncn3)cn(C)c2c1. The summed E-state index contributed by atoms with van der Waals surface area (Å²) in [7, 11) is 3.49. The zero-order valence-corrected chi connectivity index (χ0v) is 12.3. The van der Waals surface area contributed by atoms with Gasteiger partial charge in [0.25, 0.3) is 0 Å². The molecule has 0 aliphatic heterocycles. The van der Waals surface area contributed by atoms with Gasteiger partial charge in [0.2, 0.25) is 5.78 Å². The summed E-state index contributed by atoms with van der Waals surface area (Å²) in [6.45, 7) is 0. The number of ether oxygens (including phenoxy) is 1. The maximum Gasteiger partial charge on any atom is 0.213 e. The number of fused-ring (bicyclic) bond motifs is 1. The summed E-state index contributed by atoms with van der Waals surface area (Å²) >= 11 is 5.81. The highest BCUT2D eigenvalue weighted by molar-refractivity contribution is 6.30. The van der Waals surface area contributed by atoms with Crippen molar-refractivity contribution in [2.75, 3.05) is 7.11 Å². The Bertz CT molecular complexity index is 842. The molecule has 0 unspecified atom stereocenters. The van der Waals surface area contributed by atoms with E-state index in [0.717, 1.165) is 16.7 Å². The Morgan fingerprint density at radius 1 is 1.29 bits per heavy atom. The topological polar surface area (TPSA) is 57.0 Å². The Balaban J connectivity index is 2.14. The van der Waals surface area contributed by atoms with Gasteiger partial charge in [-0.2, -0.15) is 0 Å². The number of nitrogens with zero attached hydrogens (tertiary/aromatic N) is 3. The number of methoxy groups -OCH3 is 1. The summed E-state index contributed by atoms with van der Waals surface area (Å²) in [6, 6.07) is 7.04. The van der Waals surface area contributed by atoms with Gasteiger partial charge in [-0.05, 0) is 12.1 Å². The van der Waals surface area contributed by atoms with Crippen LogP contribution in [0.15, 0.2) is 36.8 Å². The number of aromatic nitrogens is 3. The standard InChI is InChI=1S/C15H12ClN3O2/c1-19-7-11(10-4-3-9(21-2)5-13(10)19)15(20)12-6-14(16)18-8-17-12/h3-8H,1-2H3. The molecule has 5 nitrogen and oxygen atoms in total. The summed E-state index contributed by atoms with van der Waals surface area (Å²) in [5, 5.41) is 1.09. The van der Waals surface area contributed by atoms with Gasteiger partial charge < -0.3 is 9.30 Å². The maximum absolute atomic E-state index is 12.6. The van der Waals surface area contributed by atoms with Gasteiger partial charge in [0.05, 0.1) is 12.6 Å². The first-order chi connectivity index (χ1) is 10.1. The van der Waals surface area contributed by atoms with Crippen molar-refractivity contribution in [2.45, 2.75) is 0 Å². The molecule has 0 atom stereocenters. The summed E-state index contributed by atoms with van der Waals surface area (Å²) in [5.41, 5.74) is 1.76. The molecule has 0 saturated carbocycles. The number of hydrogen-bond donors (Lipinski definition) is 0. The van der Waals surface area contributed by atoms with Crippen LogP contribution in [0.2, 0.25) is 5.15 Å². The number of carbonyl (C=O) groups is 1. The second kappa shape index (κ2) is 5.18. The summed E-state index contributed by atoms with van der Waals surface area (Å²) < 4.78 is 7.09. The Labute approximate surface area is 126 Å². The van der Waals surface area contributed by atoms with E-state index in [2.05, 4.69) is 9.97 Å². The molecule has 0 spiro atoms. The molecule has 0 radical (unpaired) electrons. The molecular formula is C15H12ClN3O2. The molecule has 21 heavy (non-hydrogen) atoms. The fourth-order valence-electron chi connectivity index (χ4n) is 2.27. The van der Waals surface area contributed by atoms with Crippen LogP contribution in [0.25, 0.3) is 10.9 Å². The molecule has 106 valence electrons. The van der Waals surface area contributed by atoms with Crippen molar-refractivity contribution in [3.8, 4) is 5.75 Å². The Morgan fingerprint density at radius 2 is 2.10 bits per heavy atom. The van der Waals surface area contributed by atoms with E-state index in [-0.39, 0.29) is 16.6 Å². The van der Waals surface area contributed by atoms with Gasteiger partial charge in [-0.25, -0.2) is 9.97 Å². The third-order valence-electron chi connectivity index (χ3n) is 3.31. The molecule has 1 aromatic carbocycles. The van der Waals surface area contributed by atoms with E-state index in [4.69, 9.17) is 16.3 Å². The van der Waals surface area contributed by atoms with Crippen LogP contribution in [-0.2, 0) is 7.05 Å². The van der Waals surface area contributed by atoms with Crippen LogP contribution in [0.1, 0.15) is 16.1 Å². The lowest BCUT2D eigenvalue weighted by molar-refractivity contribution is 0.103. The molecule has 0 aliphatic rings. The van der Waals surface area contributed by atoms with Crippen LogP contribution in [0, 0.1) is 0 Å². The fourth-order valence-corrected chi connectivity index (χ4v) is 2.41. The fraction of sp³-hybridized carbons (Fsp3) is 0.133. The minimum absolute atomic E-state index is 0.185. The predicted molar refractivity (Wildman–Crippen MR) is 79.9 cm³/mol. The molecule has 0 N–H and O–H groups in total. The zero-order valence-electron chi connectivity index (χ0n) is 11.5. The molecule has 0 amide bonds. The van der Waals surface area contributed by atoms with Crippen molar-refractivity contribution in [3.05, 3.63) is 53.2 Å². The highest BCUT2D eigenvalue weighted by atomic mass is 35.5. The van der Waals surface area contributed by atoms with E-state index in [0.29, 0.717) is 5.56 Å². The number of ketones is 1. The van der Waals surface area contributed by atoms with E-state index >= 15 is 0 Å². The number of rotatable bonds is 3. The molecule has 2 aromatic heterocycles. The van der Waals surface area contributed by atoms with Crippen LogP contribution in [0.3, 0.4) is 0 Å². The van der Waals surface area contributed by atoms with Crippen molar-refractivity contribution in [3.63, 3.8) is 0 Å². The van der Waals surface area contributed by atoms with Crippen LogP contribution in [0.4, 0.5) is 0 Å². The number of carbonyl (C=O) groups excluding carboxylic acids is 1. The van der Waals surface area contributed by atoms with E-state index in [1.54, 1.807) is 13.3 Å². The number of benzene rings is 1. The van der Waals surface area contributed by atoms with E-state index in [9.17, 15) is 4.79 Å². The summed E-state index contributed by atoms with van der Waals surface area (Å²) in [4.78, 5) is 20.4. The average molecular weight is 302 g/mol. The highest BCUT2D eigenvalue weighted by Crippen LogP contribution is 2.26. The number of hydrogen-bond acceptors (Lipinski definition) is 4. The Hall–Kier alpha value is -2.40.